The third kappa shape index (κ3) is 11.1. The van der Waals surface area contributed by atoms with Gasteiger partial charge in [0.2, 0.25) is 0 Å². The average Bonchev–Trinajstić information content (AvgIpc) is 2.15. The normalized spacial score (nSPS) is 11.0. The lowest BCUT2D eigenvalue weighted by Crippen LogP contribution is -2.16. The second kappa shape index (κ2) is 8.18. The molecule has 3 heteroatoms. The number of allylic oxidation sites excluding steroid dienone is 1. The Morgan fingerprint density at radius 3 is 2.62 bits per heavy atom. The Bertz CT molecular complexity index is 289. The van der Waals surface area contributed by atoms with E-state index in [1.807, 2.05) is 6.08 Å². The molecular formula is C13H22O2Si. The highest BCUT2D eigenvalue weighted by Gasteiger charge is 2.06. The number of esters is 1. The average molecular weight is 238 g/mol. The highest BCUT2D eigenvalue weighted by Crippen LogP contribution is 1.99. The molecule has 0 spiro atoms. The SMILES string of the molecule is CCOC(=O)/C=C\CCCC#C[Si](C)(C)C. The third-order valence-corrected chi connectivity index (χ3v) is 2.60. The van der Waals surface area contributed by atoms with Crippen molar-refractivity contribution >= 4 is 14.0 Å². The van der Waals surface area contributed by atoms with Crippen molar-refractivity contribution < 1.29 is 9.53 Å². The van der Waals surface area contributed by atoms with Gasteiger partial charge >= 0.3 is 5.97 Å². The van der Waals surface area contributed by atoms with Gasteiger partial charge in [-0.15, -0.1) is 11.5 Å². The van der Waals surface area contributed by atoms with Crippen molar-refractivity contribution in [3.05, 3.63) is 12.2 Å². The summed E-state index contributed by atoms with van der Waals surface area (Å²) in [6.07, 6.45) is 6.16. The monoisotopic (exact) mass is 238 g/mol. The quantitative estimate of drug-likeness (QED) is 0.242. The Morgan fingerprint density at radius 1 is 1.38 bits per heavy atom. The van der Waals surface area contributed by atoms with E-state index in [0.29, 0.717) is 6.61 Å². The van der Waals surface area contributed by atoms with Crippen molar-refractivity contribution in [2.24, 2.45) is 0 Å². The van der Waals surface area contributed by atoms with Crippen LogP contribution in [0.15, 0.2) is 12.2 Å². The number of hydrogen-bond donors (Lipinski definition) is 0. The lowest BCUT2D eigenvalue weighted by molar-refractivity contribution is -0.137. The zero-order valence-corrected chi connectivity index (χ0v) is 11.8. The van der Waals surface area contributed by atoms with Crippen LogP contribution < -0.4 is 0 Å². The van der Waals surface area contributed by atoms with Gasteiger partial charge in [0, 0.05) is 12.5 Å². The van der Waals surface area contributed by atoms with Crippen molar-refractivity contribution in [2.45, 2.75) is 45.8 Å². The first-order valence-electron chi connectivity index (χ1n) is 5.79. The standard InChI is InChI=1S/C13H22O2Si/c1-5-15-13(14)11-9-7-6-8-10-12-16(2,3)4/h9,11H,5-8H2,1-4H3/b11-9-. The van der Waals surface area contributed by atoms with Crippen molar-refractivity contribution in [3.63, 3.8) is 0 Å². The number of carbonyl (C=O) groups is 1. The van der Waals surface area contributed by atoms with Crippen LogP contribution >= 0.6 is 0 Å². The molecular weight excluding hydrogens is 216 g/mol. The van der Waals surface area contributed by atoms with Gasteiger partial charge in [0.1, 0.15) is 8.07 Å². The van der Waals surface area contributed by atoms with E-state index < -0.39 is 8.07 Å². The number of carbonyl (C=O) groups excluding carboxylic acids is 1. The Hall–Kier alpha value is -1.01. The topological polar surface area (TPSA) is 26.3 Å². The van der Waals surface area contributed by atoms with E-state index in [0.717, 1.165) is 19.3 Å². The summed E-state index contributed by atoms with van der Waals surface area (Å²) in [4.78, 5) is 10.9. The van der Waals surface area contributed by atoms with Gasteiger partial charge in [-0.3, -0.25) is 0 Å². The van der Waals surface area contributed by atoms with Gasteiger partial charge in [0.15, 0.2) is 0 Å². The van der Waals surface area contributed by atoms with Gasteiger partial charge in [0.25, 0.3) is 0 Å². The number of rotatable bonds is 5. The molecule has 0 aromatic carbocycles. The Morgan fingerprint density at radius 2 is 2.06 bits per heavy atom. The molecule has 90 valence electrons. The zero-order valence-electron chi connectivity index (χ0n) is 10.8. The van der Waals surface area contributed by atoms with E-state index in [1.165, 1.54) is 6.08 Å². The molecule has 0 fully saturated rings. The Labute approximate surface area is 100 Å². The van der Waals surface area contributed by atoms with Gasteiger partial charge < -0.3 is 4.74 Å². The first-order chi connectivity index (χ1) is 7.45. The molecule has 0 saturated carbocycles. The summed E-state index contributed by atoms with van der Waals surface area (Å²) in [5.41, 5.74) is 3.32. The van der Waals surface area contributed by atoms with Crippen LogP contribution in [0.2, 0.25) is 19.6 Å². The van der Waals surface area contributed by atoms with Gasteiger partial charge in [-0.25, -0.2) is 4.79 Å². The summed E-state index contributed by atoms with van der Waals surface area (Å²) in [5, 5.41) is 0. The summed E-state index contributed by atoms with van der Waals surface area (Å²) in [7, 11) is -1.21. The van der Waals surface area contributed by atoms with E-state index in [1.54, 1.807) is 6.92 Å². The fourth-order valence-corrected chi connectivity index (χ4v) is 1.66. The zero-order chi connectivity index (χ0) is 12.4. The minimum absolute atomic E-state index is 0.254. The molecule has 0 amide bonds. The lowest BCUT2D eigenvalue weighted by Gasteiger charge is -2.02. The molecule has 0 aliphatic heterocycles. The number of hydrogen-bond acceptors (Lipinski definition) is 2. The van der Waals surface area contributed by atoms with Crippen LogP contribution in [0.4, 0.5) is 0 Å². The Balaban J connectivity index is 3.60. The minimum Gasteiger partial charge on any atom is -0.463 e. The first kappa shape index (κ1) is 15.0. The van der Waals surface area contributed by atoms with E-state index in [4.69, 9.17) is 4.74 Å². The summed E-state index contributed by atoms with van der Waals surface area (Å²) in [5.74, 6) is 2.95. The second-order valence-corrected chi connectivity index (χ2v) is 9.35. The van der Waals surface area contributed by atoms with Crippen molar-refractivity contribution in [1.29, 1.82) is 0 Å². The predicted octanol–water partition coefficient (Wildman–Crippen LogP) is 3.16. The molecule has 0 saturated heterocycles. The molecule has 0 aromatic rings. The van der Waals surface area contributed by atoms with Gasteiger partial charge in [0.05, 0.1) is 6.61 Å². The van der Waals surface area contributed by atoms with Gasteiger partial charge in [-0.05, 0) is 19.8 Å². The van der Waals surface area contributed by atoms with Crippen LogP contribution in [-0.4, -0.2) is 20.7 Å². The maximum atomic E-state index is 10.9. The maximum Gasteiger partial charge on any atom is 0.330 e. The minimum atomic E-state index is -1.21. The Kier molecular flexibility index (Phi) is 7.66. The van der Waals surface area contributed by atoms with Crippen LogP contribution in [-0.2, 0) is 9.53 Å². The molecule has 0 heterocycles. The summed E-state index contributed by atoms with van der Waals surface area (Å²) in [6.45, 7) is 8.95. The highest BCUT2D eigenvalue weighted by atomic mass is 28.3. The van der Waals surface area contributed by atoms with Crippen LogP contribution in [0.5, 0.6) is 0 Å². The number of ether oxygens (including phenoxy) is 1. The highest BCUT2D eigenvalue weighted by molar-refractivity contribution is 6.83. The first-order valence-corrected chi connectivity index (χ1v) is 9.29. The van der Waals surface area contributed by atoms with E-state index in [9.17, 15) is 4.79 Å². The molecule has 0 bridgehead atoms. The molecule has 2 nitrogen and oxygen atoms in total. The van der Waals surface area contributed by atoms with Crippen molar-refractivity contribution in [3.8, 4) is 11.5 Å². The maximum absolute atomic E-state index is 10.9. The van der Waals surface area contributed by atoms with Crippen LogP contribution in [0.25, 0.3) is 0 Å². The fraction of sp³-hybridized carbons (Fsp3) is 0.615. The number of unbranched alkanes of at least 4 members (excludes halogenated alkanes) is 2. The van der Waals surface area contributed by atoms with Crippen LogP contribution in [0, 0.1) is 11.5 Å². The molecule has 0 atom stereocenters. The molecule has 0 aromatic heterocycles. The van der Waals surface area contributed by atoms with Gasteiger partial charge in [-0.1, -0.05) is 25.7 Å². The molecule has 0 rings (SSSR count). The second-order valence-electron chi connectivity index (χ2n) is 4.60. The van der Waals surface area contributed by atoms with E-state index >= 15 is 0 Å². The third-order valence-electron chi connectivity index (χ3n) is 1.68. The predicted molar refractivity (Wildman–Crippen MR) is 70.7 cm³/mol. The molecule has 16 heavy (non-hydrogen) atoms. The lowest BCUT2D eigenvalue weighted by atomic mass is 10.2. The van der Waals surface area contributed by atoms with E-state index in [-0.39, 0.29) is 5.97 Å². The smallest absolute Gasteiger partial charge is 0.330 e. The largest absolute Gasteiger partial charge is 0.463 e. The molecule has 0 aliphatic rings. The van der Waals surface area contributed by atoms with Crippen molar-refractivity contribution in [1.82, 2.24) is 0 Å². The molecule has 0 aliphatic carbocycles. The van der Waals surface area contributed by atoms with Gasteiger partial charge in [-0.2, -0.15) is 0 Å². The summed E-state index contributed by atoms with van der Waals surface area (Å²) < 4.78 is 4.77. The molecule has 0 radical (unpaired) electrons. The molecule has 0 unspecified atom stereocenters. The van der Waals surface area contributed by atoms with Crippen molar-refractivity contribution in [2.75, 3.05) is 6.61 Å². The van der Waals surface area contributed by atoms with E-state index in [2.05, 4.69) is 31.1 Å². The summed E-state index contributed by atoms with van der Waals surface area (Å²) in [6, 6.07) is 0. The van der Waals surface area contributed by atoms with Crippen LogP contribution in [0.3, 0.4) is 0 Å². The fourth-order valence-electron chi connectivity index (χ4n) is 1.01. The van der Waals surface area contributed by atoms with Crippen LogP contribution in [0.1, 0.15) is 26.2 Å². The molecule has 0 N–H and O–H groups in total. The summed E-state index contributed by atoms with van der Waals surface area (Å²) >= 11 is 0.